The third-order valence-corrected chi connectivity index (χ3v) is 3.41. The Balaban J connectivity index is 2.31. The molecule has 0 saturated carbocycles. The van der Waals surface area contributed by atoms with Crippen molar-refractivity contribution in [3.8, 4) is 0 Å². The van der Waals surface area contributed by atoms with Gasteiger partial charge in [0.05, 0.1) is 18.0 Å². The largest absolute Gasteiger partial charge is 0.383 e. The molecule has 7 nitrogen and oxygen atoms in total. The smallest absolute Gasteiger partial charge is 0.292 e. The third kappa shape index (κ3) is 3.49. The van der Waals surface area contributed by atoms with Crippen LogP contribution < -0.4 is 10.6 Å². The van der Waals surface area contributed by atoms with Gasteiger partial charge in [-0.1, -0.05) is 13.3 Å². The van der Waals surface area contributed by atoms with E-state index in [9.17, 15) is 14.9 Å². The number of hydrogen-bond donors (Lipinski definition) is 2. The Hall–Kier alpha value is -2.15. The van der Waals surface area contributed by atoms with Crippen LogP contribution in [0.4, 0.5) is 17.1 Å². The molecule has 1 unspecified atom stereocenters. The molecule has 21 heavy (non-hydrogen) atoms. The van der Waals surface area contributed by atoms with Crippen LogP contribution in [0.5, 0.6) is 0 Å². The average molecular weight is 293 g/mol. The Bertz CT molecular complexity index is 553. The van der Waals surface area contributed by atoms with Gasteiger partial charge in [0.2, 0.25) is 5.91 Å². The van der Waals surface area contributed by atoms with Gasteiger partial charge in [-0.3, -0.25) is 14.9 Å². The molecule has 7 heteroatoms. The fourth-order valence-electron chi connectivity index (χ4n) is 2.49. The lowest BCUT2D eigenvalue weighted by atomic mass is 10.1. The second-order valence-corrected chi connectivity index (χ2v) is 5.09. The van der Waals surface area contributed by atoms with Gasteiger partial charge in [-0.2, -0.15) is 0 Å². The first-order valence-electron chi connectivity index (χ1n) is 6.91. The highest BCUT2D eigenvalue weighted by atomic mass is 16.6. The van der Waals surface area contributed by atoms with Crippen molar-refractivity contribution in [3.05, 3.63) is 27.8 Å². The lowest BCUT2D eigenvalue weighted by molar-refractivity contribution is -0.384. The molecule has 0 saturated heterocycles. The predicted octanol–water partition coefficient (Wildman–Crippen LogP) is 2.32. The number of nitrogens with one attached hydrogen (secondary N) is 2. The summed E-state index contributed by atoms with van der Waals surface area (Å²) in [5.74, 6) is -0.140. The normalized spacial score (nSPS) is 14.5. The molecule has 1 aliphatic rings. The minimum absolute atomic E-state index is 0.00569. The number of anilines is 2. The number of amides is 1. The van der Waals surface area contributed by atoms with Gasteiger partial charge in [-0.25, -0.2) is 0 Å². The van der Waals surface area contributed by atoms with Gasteiger partial charge < -0.3 is 15.4 Å². The molecule has 0 radical (unpaired) electrons. The number of carbonyl (C=O) groups excluding carboxylic acids is 1. The zero-order valence-corrected chi connectivity index (χ0v) is 12.1. The Morgan fingerprint density at radius 2 is 2.29 bits per heavy atom. The molecular weight excluding hydrogens is 274 g/mol. The summed E-state index contributed by atoms with van der Waals surface area (Å²) in [4.78, 5) is 22.2. The van der Waals surface area contributed by atoms with Gasteiger partial charge in [0, 0.05) is 24.9 Å². The summed E-state index contributed by atoms with van der Waals surface area (Å²) in [5.41, 5.74) is 1.70. The summed E-state index contributed by atoms with van der Waals surface area (Å²) >= 11 is 0. The van der Waals surface area contributed by atoms with Gasteiger partial charge >= 0.3 is 0 Å². The van der Waals surface area contributed by atoms with Crippen molar-refractivity contribution in [2.24, 2.45) is 0 Å². The number of ether oxygens (including phenoxy) is 1. The van der Waals surface area contributed by atoms with Crippen LogP contribution in [0.3, 0.4) is 0 Å². The first-order valence-corrected chi connectivity index (χ1v) is 6.91. The molecule has 0 aliphatic carbocycles. The number of nitro benzene ring substituents is 1. The van der Waals surface area contributed by atoms with Crippen molar-refractivity contribution in [3.63, 3.8) is 0 Å². The first kappa shape index (κ1) is 15.2. The quantitative estimate of drug-likeness (QED) is 0.594. The molecule has 1 atom stereocenters. The van der Waals surface area contributed by atoms with Crippen LogP contribution in [-0.2, 0) is 16.0 Å². The second kappa shape index (κ2) is 6.53. The number of methoxy groups -OCH3 is 1. The minimum atomic E-state index is -0.429. The molecule has 0 aromatic heterocycles. The standard InChI is InChI=1S/C14H19N3O4/c1-3-4-10(8-21-2)15-12-7-11-9(6-14(18)16-11)5-13(12)17(19)20/h5,7,10,15H,3-4,6,8H2,1-2H3,(H,16,18). The lowest BCUT2D eigenvalue weighted by Gasteiger charge is -2.19. The third-order valence-electron chi connectivity index (χ3n) is 3.41. The van der Waals surface area contributed by atoms with Crippen LogP contribution in [-0.4, -0.2) is 30.6 Å². The molecule has 0 bridgehead atoms. The second-order valence-electron chi connectivity index (χ2n) is 5.09. The van der Waals surface area contributed by atoms with E-state index < -0.39 is 4.92 Å². The van der Waals surface area contributed by atoms with Crippen molar-refractivity contribution in [2.75, 3.05) is 24.4 Å². The maximum absolute atomic E-state index is 11.4. The monoisotopic (exact) mass is 293 g/mol. The average Bonchev–Trinajstić information content (AvgIpc) is 2.77. The molecule has 1 amide bonds. The van der Waals surface area contributed by atoms with Crippen LogP contribution in [0.2, 0.25) is 0 Å². The summed E-state index contributed by atoms with van der Waals surface area (Å²) in [5, 5.41) is 17.1. The van der Waals surface area contributed by atoms with Crippen LogP contribution in [0.25, 0.3) is 0 Å². The molecule has 0 fully saturated rings. The molecule has 1 aromatic carbocycles. The van der Waals surface area contributed by atoms with Gasteiger partial charge in [0.15, 0.2) is 0 Å². The number of nitrogens with zero attached hydrogens (tertiary/aromatic N) is 1. The summed E-state index contributed by atoms with van der Waals surface area (Å²) < 4.78 is 5.14. The topological polar surface area (TPSA) is 93.5 Å². The highest BCUT2D eigenvalue weighted by Gasteiger charge is 2.25. The van der Waals surface area contributed by atoms with Crippen molar-refractivity contribution in [1.82, 2.24) is 0 Å². The van der Waals surface area contributed by atoms with E-state index in [2.05, 4.69) is 10.6 Å². The van der Waals surface area contributed by atoms with Crippen molar-refractivity contribution in [2.45, 2.75) is 32.2 Å². The maximum Gasteiger partial charge on any atom is 0.292 e. The summed E-state index contributed by atoms with van der Waals surface area (Å²) in [7, 11) is 1.60. The van der Waals surface area contributed by atoms with Gasteiger partial charge in [-0.15, -0.1) is 0 Å². The first-order chi connectivity index (χ1) is 10.0. The minimum Gasteiger partial charge on any atom is -0.383 e. The summed E-state index contributed by atoms with van der Waals surface area (Å²) in [6.45, 7) is 2.51. The zero-order chi connectivity index (χ0) is 15.4. The van der Waals surface area contributed by atoms with Crippen molar-refractivity contribution < 1.29 is 14.5 Å². The number of benzene rings is 1. The Morgan fingerprint density at radius 3 is 2.90 bits per heavy atom. The molecule has 1 aromatic rings. The number of fused-ring (bicyclic) bond motifs is 1. The van der Waals surface area contributed by atoms with Crippen LogP contribution in [0, 0.1) is 10.1 Å². The SMILES string of the molecule is CCCC(COC)Nc1cc2c(cc1[N+](=O)[O-])CC(=O)N2. The predicted molar refractivity (Wildman–Crippen MR) is 79.6 cm³/mol. The summed E-state index contributed by atoms with van der Waals surface area (Å²) in [6, 6.07) is 3.09. The van der Waals surface area contributed by atoms with E-state index in [-0.39, 0.29) is 24.1 Å². The maximum atomic E-state index is 11.4. The van der Waals surface area contributed by atoms with Crippen molar-refractivity contribution >= 4 is 23.0 Å². The molecule has 114 valence electrons. The highest BCUT2D eigenvalue weighted by molar-refractivity contribution is 6.00. The fourth-order valence-corrected chi connectivity index (χ4v) is 2.49. The van der Waals surface area contributed by atoms with Crippen molar-refractivity contribution in [1.29, 1.82) is 0 Å². The van der Waals surface area contributed by atoms with Crippen LogP contribution in [0.1, 0.15) is 25.3 Å². The highest BCUT2D eigenvalue weighted by Crippen LogP contribution is 2.35. The molecule has 1 aliphatic heterocycles. The van der Waals surface area contributed by atoms with E-state index >= 15 is 0 Å². The van der Waals surface area contributed by atoms with E-state index in [4.69, 9.17) is 4.74 Å². The van der Waals surface area contributed by atoms with E-state index in [1.54, 1.807) is 13.2 Å². The molecular formula is C14H19N3O4. The van der Waals surface area contributed by atoms with Crippen LogP contribution >= 0.6 is 0 Å². The van der Waals surface area contributed by atoms with E-state index in [1.165, 1.54) is 6.07 Å². The fraction of sp³-hybridized carbons (Fsp3) is 0.500. The van der Waals surface area contributed by atoms with Crippen LogP contribution in [0.15, 0.2) is 12.1 Å². The van der Waals surface area contributed by atoms with Gasteiger partial charge in [0.1, 0.15) is 5.69 Å². The molecule has 2 rings (SSSR count). The lowest BCUT2D eigenvalue weighted by Crippen LogP contribution is -2.25. The van der Waals surface area contributed by atoms with Gasteiger partial charge in [0.25, 0.3) is 5.69 Å². The van der Waals surface area contributed by atoms with E-state index in [1.807, 2.05) is 6.92 Å². The van der Waals surface area contributed by atoms with E-state index in [0.717, 1.165) is 12.8 Å². The molecule has 2 N–H and O–H groups in total. The Labute approximate surface area is 122 Å². The zero-order valence-electron chi connectivity index (χ0n) is 12.1. The molecule has 1 heterocycles. The number of carbonyl (C=O) groups is 1. The molecule has 0 spiro atoms. The number of hydrogen-bond acceptors (Lipinski definition) is 5. The number of nitro groups is 1. The summed E-state index contributed by atoms with van der Waals surface area (Å²) in [6.07, 6.45) is 1.97. The van der Waals surface area contributed by atoms with Gasteiger partial charge in [-0.05, 0) is 18.1 Å². The Kier molecular flexibility index (Phi) is 4.74. The Morgan fingerprint density at radius 1 is 1.52 bits per heavy atom. The number of rotatable bonds is 7. The van der Waals surface area contributed by atoms with E-state index in [0.29, 0.717) is 23.5 Å².